The number of unbranched alkanes of at least 4 members (excludes halogenated alkanes) is 2. The molecule has 7 nitrogen and oxygen atoms in total. The van der Waals surface area contributed by atoms with Crippen LogP contribution in [0.4, 0.5) is 5.69 Å². The Morgan fingerprint density at radius 3 is 2.44 bits per heavy atom. The SMILES string of the molecule is CCCCOc1c(OC/C=C(\C)CCC=C(C)C)c(=O)n(CCCC)c2cc([N+](=O)[O-])ccc12. The summed E-state index contributed by atoms with van der Waals surface area (Å²) in [6, 6.07) is 4.56. The smallest absolute Gasteiger partial charge is 0.297 e. The van der Waals surface area contributed by atoms with Crippen molar-refractivity contribution in [3.8, 4) is 11.5 Å². The predicted octanol–water partition coefficient (Wildman–Crippen LogP) is 6.96. The van der Waals surface area contributed by atoms with Crippen molar-refractivity contribution >= 4 is 16.6 Å². The van der Waals surface area contributed by atoms with Gasteiger partial charge in [0, 0.05) is 24.1 Å². The number of benzene rings is 1. The summed E-state index contributed by atoms with van der Waals surface area (Å²) in [6.07, 6.45) is 9.53. The molecule has 0 saturated carbocycles. The van der Waals surface area contributed by atoms with Crippen molar-refractivity contribution in [3.05, 3.63) is 62.0 Å². The molecule has 0 unspecified atom stereocenters. The average molecular weight is 471 g/mol. The van der Waals surface area contributed by atoms with E-state index in [9.17, 15) is 14.9 Å². The summed E-state index contributed by atoms with van der Waals surface area (Å²) < 4.78 is 13.6. The lowest BCUT2D eigenvalue weighted by Crippen LogP contribution is -2.24. The van der Waals surface area contributed by atoms with E-state index < -0.39 is 4.92 Å². The van der Waals surface area contributed by atoms with Gasteiger partial charge in [-0.05, 0) is 58.6 Å². The molecule has 0 atom stereocenters. The number of nitrogens with zero attached hydrogens (tertiary/aromatic N) is 2. The maximum atomic E-state index is 13.5. The minimum atomic E-state index is -0.446. The second-order valence-corrected chi connectivity index (χ2v) is 8.81. The highest BCUT2D eigenvalue weighted by Gasteiger charge is 2.21. The van der Waals surface area contributed by atoms with E-state index in [0.717, 1.165) is 38.5 Å². The van der Waals surface area contributed by atoms with E-state index in [1.165, 1.54) is 23.3 Å². The Morgan fingerprint density at radius 1 is 1.06 bits per heavy atom. The number of aryl methyl sites for hydroxylation is 1. The zero-order chi connectivity index (χ0) is 25.1. The molecule has 0 bridgehead atoms. The summed E-state index contributed by atoms with van der Waals surface area (Å²) in [7, 11) is 0. The number of hydrogen-bond acceptors (Lipinski definition) is 5. The Hall–Kier alpha value is -3.09. The molecule has 1 aromatic heterocycles. The number of fused-ring (bicyclic) bond motifs is 1. The largest absolute Gasteiger partial charge is 0.489 e. The third kappa shape index (κ3) is 7.47. The minimum Gasteiger partial charge on any atom is -0.489 e. The summed E-state index contributed by atoms with van der Waals surface area (Å²) in [5.41, 5.74) is 2.61. The van der Waals surface area contributed by atoms with E-state index in [4.69, 9.17) is 9.47 Å². The molecule has 1 aromatic carbocycles. The standard InChI is InChI=1S/C27H38N2O5/c1-6-8-16-28-24-19-22(29(31)32)13-14-23(24)25(33-17-9-7-2)26(27(28)30)34-18-15-21(5)12-10-11-20(3)4/h11,13-15,19H,6-10,12,16-18H2,1-5H3/b21-15+. The van der Waals surface area contributed by atoms with Crippen LogP contribution in [0.15, 0.2) is 46.3 Å². The first-order chi connectivity index (χ1) is 16.3. The van der Waals surface area contributed by atoms with Gasteiger partial charge in [-0.15, -0.1) is 0 Å². The van der Waals surface area contributed by atoms with Gasteiger partial charge in [0.1, 0.15) is 6.61 Å². The Kier molecular flexibility index (Phi) is 10.8. The third-order valence-electron chi connectivity index (χ3n) is 5.60. The molecule has 1 heterocycles. The first kappa shape index (κ1) is 27.2. The molecule has 0 aliphatic carbocycles. The van der Waals surface area contributed by atoms with E-state index in [0.29, 0.717) is 29.8 Å². The molecule has 0 saturated heterocycles. The van der Waals surface area contributed by atoms with Crippen LogP contribution < -0.4 is 15.0 Å². The molecule has 0 aliphatic heterocycles. The quantitative estimate of drug-likeness (QED) is 0.129. The van der Waals surface area contributed by atoms with Crippen molar-refractivity contribution in [2.45, 2.75) is 79.7 Å². The van der Waals surface area contributed by atoms with Gasteiger partial charge in [-0.1, -0.05) is 43.9 Å². The molecule has 186 valence electrons. The molecular formula is C27H38N2O5. The van der Waals surface area contributed by atoms with Gasteiger partial charge in [0.2, 0.25) is 5.75 Å². The molecule has 0 amide bonds. The van der Waals surface area contributed by atoms with Crippen LogP contribution in [0.25, 0.3) is 10.9 Å². The fraction of sp³-hybridized carbons (Fsp3) is 0.519. The first-order valence-corrected chi connectivity index (χ1v) is 12.2. The summed E-state index contributed by atoms with van der Waals surface area (Å²) in [6.45, 7) is 11.5. The average Bonchev–Trinajstić information content (AvgIpc) is 2.79. The van der Waals surface area contributed by atoms with Gasteiger partial charge < -0.3 is 14.0 Å². The maximum absolute atomic E-state index is 13.5. The van der Waals surface area contributed by atoms with Gasteiger partial charge in [0.25, 0.3) is 11.2 Å². The zero-order valence-corrected chi connectivity index (χ0v) is 21.2. The van der Waals surface area contributed by atoms with E-state index in [1.807, 2.05) is 13.0 Å². The third-order valence-corrected chi connectivity index (χ3v) is 5.60. The van der Waals surface area contributed by atoms with Crippen molar-refractivity contribution in [2.24, 2.45) is 0 Å². The van der Waals surface area contributed by atoms with Gasteiger partial charge in [0.15, 0.2) is 5.75 Å². The second kappa shape index (κ2) is 13.6. The topological polar surface area (TPSA) is 83.6 Å². The molecule has 0 spiro atoms. The lowest BCUT2D eigenvalue weighted by molar-refractivity contribution is -0.384. The summed E-state index contributed by atoms with van der Waals surface area (Å²) in [4.78, 5) is 24.4. The predicted molar refractivity (Wildman–Crippen MR) is 138 cm³/mol. The highest BCUT2D eigenvalue weighted by Crippen LogP contribution is 2.35. The van der Waals surface area contributed by atoms with Gasteiger partial charge in [-0.2, -0.15) is 0 Å². The molecule has 0 fully saturated rings. The first-order valence-electron chi connectivity index (χ1n) is 12.2. The number of allylic oxidation sites excluding steroid dienone is 3. The summed E-state index contributed by atoms with van der Waals surface area (Å²) in [5.74, 6) is 0.536. The van der Waals surface area contributed by atoms with E-state index in [-0.39, 0.29) is 23.6 Å². The van der Waals surface area contributed by atoms with Crippen molar-refractivity contribution in [3.63, 3.8) is 0 Å². The lowest BCUT2D eigenvalue weighted by atomic mass is 10.1. The van der Waals surface area contributed by atoms with Crippen LogP contribution >= 0.6 is 0 Å². The molecule has 0 N–H and O–H groups in total. The number of ether oxygens (including phenoxy) is 2. The van der Waals surface area contributed by atoms with Crippen LogP contribution in [0.5, 0.6) is 11.5 Å². The van der Waals surface area contributed by atoms with Crippen LogP contribution in [0, 0.1) is 10.1 Å². The number of hydrogen-bond donors (Lipinski definition) is 0. The minimum absolute atomic E-state index is 0.0553. The van der Waals surface area contributed by atoms with Crippen molar-refractivity contribution in [1.82, 2.24) is 4.57 Å². The Morgan fingerprint density at radius 2 is 1.79 bits per heavy atom. The lowest BCUT2D eigenvalue weighted by Gasteiger charge is -2.18. The second-order valence-electron chi connectivity index (χ2n) is 8.81. The fourth-order valence-electron chi connectivity index (χ4n) is 3.59. The van der Waals surface area contributed by atoms with Crippen LogP contribution in [0.2, 0.25) is 0 Å². The number of non-ortho nitro benzene ring substituents is 1. The van der Waals surface area contributed by atoms with Crippen molar-refractivity contribution < 1.29 is 14.4 Å². The molecule has 2 rings (SSSR count). The molecule has 0 aliphatic rings. The van der Waals surface area contributed by atoms with E-state index in [1.54, 1.807) is 10.6 Å². The van der Waals surface area contributed by atoms with Crippen LogP contribution in [-0.4, -0.2) is 22.7 Å². The van der Waals surface area contributed by atoms with Gasteiger partial charge >= 0.3 is 0 Å². The maximum Gasteiger partial charge on any atom is 0.297 e. The van der Waals surface area contributed by atoms with Gasteiger partial charge in [-0.25, -0.2) is 0 Å². The monoisotopic (exact) mass is 470 g/mol. The van der Waals surface area contributed by atoms with Crippen LogP contribution in [0.1, 0.15) is 73.1 Å². The molecular weight excluding hydrogens is 432 g/mol. The summed E-state index contributed by atoms with van der Waals surface area (Å²) in [5, 5.41) is 12.0. The highest BCUT2D eigenvalue weighted by molar-refractivity contribution is 5.89. The Balaban J connectivity index is 2.51. The van der Waals surface area contributed by atoms with E-state index in [2.05, 4.69) is 33.8 Å². The molecule has 34 heavy (non-hydrogen) atoms. The van der Waals surface area contributed by atoms with Gasteiger partial charge in [0.05, 0.1) is 17.0 Å². The van der Waals surface area contributed by atoms with Crippen LogP contribution in [-0.2, 0) is 6.54 Å². The number of aromatic nitrogens is 1. The number of nitro benzene ring substituents is 1. The summed E-state index contributed by atoms with van der Waals surface area (Å²) >= 11 is 0. The normalized spacial score (nSPS) is 11.5. The zero-order valence-electron chi connectivity index (χ0n) is 21.2. The highest BCUT2D eigenvalue weighted by atomic mass is 16.6. The Labute approximate surface area is 202 Å². The van der Waals surface area contributed by atoms with E-state index >= 15 is 0 Å². The molecule has 7 heteroatoms. The number of rotatable bonds is 14. The fourth-order valence-corrected chi connectivity index (χ4v) is 3.59. The van der Waals surface area contributed by atoms with Crippen LogP contribution in [0.3, 0.4) is 0 Å². The number of pyridine rings is 1. The number of nitro groups is 1. The van der Waals surface area contributed by atoms with Crippen molar-refractivity contribution in [1.29, 1.82) is 0 Å². The van der Waals surface area contributed by atoms with Crippen molar-refractivity contribution in [2.75, 3.05) is 13.2 Å². The molecule has 2 aromatic rings. The molecule has 0 radical (unpaired) electrons. The Bertz CT molecular complexity index is 1090. The van der Waals surface area contributed by atoms with Gasteiger partial charge in [-0.3, -0.25) is 14.9 Å².